The number of hydrogen-bond donors (Lipinski definition) is 0. The highest BCUT2D eigenvalue weighted by Crippen LogP contribution is 2.41. The zero-order valence-corrected chi connectivity index (χ0v) is 27.2. The first-order chi connectivity index (χ1) is 24.8. The van der Waals surface area contributed by atoms with Crippen LogP contribution in [0, 0.1) is 0 Å². The average Bonchev–Trinajstić information content (AvgIpc) is 3.70. The maximum atomic E-state index is 2.48. The van der Waals surface area contributed by atoms with Gasteiger partial charge in [-0.1, -0.05) is 127 Å². The summed E-state index contributed by atoms with van der Waals surface area (Å²) >= 11 is 0. The Hall–Kier alpha value is -6.64. The molecular formula is C48H30N2. The van der Waals surface area contributed by atoms with E-state index in [2.05, 4.69) is 191 Å². The Kier molecular flexibility index (Phi) is 5.70. The van der Waals surface area contributed by atoms with E-state index in [4.69, 9.17) is 0 Å². The van der Waals surface area contributed by atoms with Crippen LogP contribution in [0.15, 0.2) is 182 Å². The lowest BCUT2D eigenvalue weighted by molar-refractivity contribution is 1.18. The molecule has 2 aromatic heterocycles. The van der Waals surface area contributed by atoms with E-state index in [0.29, 0.717) is 0 Å². The summed E-state index contributed by atoms with van der Waals surface area (Å²) < 4.78 is 4.86. The molecule has 0 amide bonds. The van der Waals surface area contributed by atoms with Crippen molar-refractivity contribution in [2.45, 2.75) is 0 Å². The van der Waals surface area contributed by atoms with Crippen LogP contribution in [0.2, 0.25) is 0 Å². The predicted octanol–water partition coefficient (Wildman–Crippen LogP) is 13.0. The van der Waals surface area contributed by atoms with Crippen LogP contribution < -0.4 is 0 Å². The third-order valence-electron chi connectivity index (χ3n) is 10.7. The van der Waals surface area contributed by atoms with Gasteiger partial charge < -0.3 is 9.13 Å². The molecule has 50 heavy (non-hydrogen) atoms. The average molecular weight is 635 g/mol. The zero-order chi connectivity index (χ0) is 32.8. The molecule has 0 bridgehead atoms. The Morgan fingerprint density at radius 1 is 0.260 bits per heavy atom. The molecule has 11 aromatic rings. The van der Waals surface area contributed by atoms with E-state index in [1.165, 1.54) is 98.4 Å². The second-order valence-corrected chi connectivity index (χ2v) is 13.3. The van der Waals surface area contributed by atoms with Crippen LogP contribution in [-0.2, 0) is 0 Å². The molecule has 0 aliphatic rings. The second-order valence-electron chi connectivity index (χ2n) is 13.3. The molecular weight excluding hydrogens is 605 g/mol. The van der Waals surface area contributed by atoms with Gasteiger partial charge in [0.1, 0.15) is 0 Å². The van der Waals surface area contributed by atoms with Crippen LogP contribution in [-0.4, -0.2) is 9.13 Å². The van der Waals surface area contributed by atoms with Gasteiger partial charge in [-0.25, -0.2) is 0 Å². The minimum Gasteiger partial charge on any atom is -0.309 e. The van der Waals surface area contributed by atoms with E-state index in [1.807, 2.05) is 0 Å². The summed E-state index contributed by atoms with van der Waals surface area (Å²) in [6, 6.07) is 66.8. The quantitative estimate of drug-likeness (QED) is 0.171. The summed E-state index contributed by atoms with van der Waals surface area (Å²) in [6.07, 6.45) is 0. The van der Waals surface area contributed by atoms with Gasteiger partial charge in [0.25, 0.3) is 0 Å². The summed E-state index contributed by atoms with van der Waals surface area (Å²) in [5.74, 6) is 0. The maximum absolute atomic E-state index is 2.48. The second kappa shape index (κ2) is 10.4. The van der Waals surface area contributed by atoms with Crippen LogP contribution >= 0.6 is 0 Å². The van der Waals surface area contributed by atoms with E-state index in [9.17, 15) is 0 Å². The molecule has 0 saturated heterocycles. The molecule has 0 aliphatic heterocycles. The van der Waals surface area contributed by atoms with Gasteiger partial charge in [-0.3, -0.25) is 0 Å². The fourth-order valence-electron chi connectivity index (χ4n) is 8.45. The molecule has 0 saturated carbocycles. The van der Waals surface area contributed by atoms with Gasteiger partial charge in [-0.05, 0) is 92.7 Å². The largest absolute Gasteiger partial charge is 0.309 e. The van der Waals surface area contributed by atoms with Crippen LogP contribution in [0.4, 0.5) is 0 Å². The van der Waals surface area contributed by atoms with Crippen molar-refractivity contribution in [3.8, 4) is 22.5 Å². The normalized spacial score (nSPS) is 12.0. The van der Waals surface area contributed by atoms with Crippen molar-refractivity contribution >= 4 is 75.9 Å². The standard InChI is InChI=1S/C48H30N2/c1-2-13-34(14-3-1)49-44-20-10-8-18-39(44)42-28-32(23-26-46(42)49)33-24-27-47-43(29-33)40-19-9-11-21-45(40)50(47)48-30-41-35-15-5-4-12-31(35)22-25-37(41)36-16-6-7-17-38(36)48/h1-30H. The first kappa shape index (κ1) is 27.3. The highest BCUT2D eigenvalue weighted by Gasteiger charge is 2.18. The Balaban J connectivity index is 1.16. The summed E-state index contributed by atoms with van der Waals surface area (Å²) in [5.41, 5.74) is 9.68. The zero-order valence-electron chi connectivity index (χ0n) is 27.2. The lowest BCUT2D eigenvalue weighted by atomic mass is 9.95. The summed E-state index contributed by atoms with van der Waals surface area (Å²) in [6.45, 7) is 0. The Labute approximate surface area is 288 Å². The lowest BCUT2D eigenvalue weighted by Gasteiger charge is -2.15. The summed E-state index contributed by atoms with van der Waals surface area (Å²) in [4.78, 5) is 0. The van der Waals surface area contributed by atoms with Crippen molar-refractivity contribution in [3.63, 3.8) is 0 Å². The molecule has 0 radical (unpaired) electrons. The minimum atomic E-state index is 1.18. The minimum absolute atomic E-state index is 1.18. The number of rotatable bonds is 3. The molecule has 2 heterocycles. The number of benzene rings is 9. The van der Waals surface area contributed by atoms with E-state index in [1.54, 1.807) is 0 Å². The molecule has 0 fully saturated rings. The molecule has 232 valence electrons. The first-order valence-electron chi connectivity index (χ1n) is 17.3. The summed E-state index contributed by atoms with van der Waals surface area (Å²) in [7, 11) is 0. The van der Waals surface area contributed by atoms with Gasteiger partial charge in [0.05, 0.1) is 27.8 Å². The lowest BCUT2D eigenvalue weighted by Crippen LogP contribution is -1.96. The van der Waals surface area contributed by atoms with Gasteiger partial charge in [0.2, 0.25) is 0 Å². The number of fused-ring (bicyclic) bond motifs is 11. The molecule has 9 aromatic carbocycles. The molecule has 0 spiro atoms. The van der Waals surface area contributed by atoms with Crippen molar-refractivity contribution in [3.05, 3.63) is 182 Å². The maximum Gasteiger partial charge on any atom is 0.0547 e. The van der Waals surface area contributed by atoms with Crippen LogP contribution in [0.1, 0.15) is 0 Å². The molecule has 0 unspecified atom stereocenters. The van der Waals surface area contributed by atoms with Crippen molar-refractivity contribution in [2.75, 3.05) is 0 Å². The van der Waals surface area contributed by atoms with Crippen molar-refractivity contribution in [2.24, 2.45) is 0 Å². The smallest absolute Gasteiger partial charge is 0.0547 e. The topological polar surface area (TPSA) is 9.86 Å². The van der Waals surface area contributed by atoms with Gasteiger partial charge in [-0.2, -0.15) is 0 Å². The molecule has 0 aliphatic carbocycles. The van der Waals surface area contributed by atoms with Gasteiger partial charge in [0, 0.05) is 32.6 Å². The SMILES string of the molecule is c1ccc(-n2c3ccccc3c3cc(-c4ccc5c(c4)c4ccccc4n5-c4cc5c6ccccc6ccc5c5ccccc45)ccc32)cc1. The van der Waals surface area contributed by atoms with Crippen molar-refractivity contribution < 1.29 is 0 Å². The first-order valence-corrected chi connectivity index (χ1v) is 17.3. The highest BCUT2D eigenvalue weighted by molar-refractivity contribution is 6.21. The van der Waals surface area contributed by atoms with E-state index < -0.39 is 0 Å². The monoisotopic (exact) mass is 634 g/mol. The van der Waals surface area contributed by atoms with E-state index >= 15 is 0 Å². The fraction of sp³-hybridized carbons (Fsp3) is 0. The van der Waals surface area contributed by atoms with Gasteiger partial charge in [0.15, 0.2) is 0 Å². The molecule has 0 atom stereocenters. The number of para-hydroxylation sites is 3. The Bertz CT molecular complexity index is 3140. The van der Waals surface area contributed by atoms with Gasteiger partial charge >= 0.3 is 0 Å². The van der Waals surface area contributed by atoms with Crippen molar-refractivity contribution in [1.82, 2.24) is 9.13 Å². The van der Waals surface area contributed by atoms with Crippen LogP contribution in [0.25, 0.3) is 98.4 Å². The van der Waals surface area contributed by atoms with Crippen LogP contribution in [0.5, 0.6) is 0 Å². The highest BCUT2D eigenvalue weighted by atomic mass is 15.0. The molecule has 0 N–H and O–H groups in total. The van der Waals surface area contributed by atoms with Gasteiger partial charge in [-0.15, -0.1) is 0 Å². The van der Waals surface area contributed by atoms with E-state index in [-0.39, 0.29) is 0 Å². The third kappa shape index (κ3) is 3.85. The molecule has 2 nitrogen and oxygen atoms in total. The number of nitrogens with zero attached hydrogens (tertiary/aromatic N) is 2. The Morgan fingerprint density at radius 2 is 0.760 bits per heavy atom. The molecule has 11 rings (SSSR count). The number of hydrogen-bond acceptors (Lipinski definition) is 0. The van der Waals surface area contributed by atoms with Crippen LogP contribution in [0.3, 0.4) is 0 Å². The van der Waals surface area contributed by atoms with E-state index in [0.717, 1.165) is 0 Å². The number of aromatic nitrogens is 2. The van der Waals surface area contributed by atoms with Crippen molar-refractivity contribution in [1.29, 1.82) is 0 Å². The Morgan fingerprint density at radius 3 is 1.46 bits per heavy atom. The predicted molar refractivity (Wildman–Crippen MR) is 213 cm³/mol. The molecule has 2 heteroatoms. The third-order valence-corrected chi connectivity index (χ3v) is 10.7. The summed E-state index contributed by atoms with van der Waals surface area (Å²) in [5, 5.41) is 12.7. The fourth-order valence-corrected chi connectivity index (χ4v) is 8.45.